The Balaban J connectivity index is 2.32. The molecule has 0 atom stereocenters. The van der Waals surface area contributed by atoms with Gasteiger partial charge in [0.15, 0.2) is 11.5 Å². The Labute approximate surface area is 160 Å². The molecule has 0 unspecified atom stereocenters. The topological polar surface area (TPSA) is 91.3 Å². The molecular formula is C19H18IN3O2. The molecule has 0 saturated heterocycles. The number of nitrogen functional groups attached to an aromatic ring is 1. The zero-order chi connectivity index (χ0) is 18.4. The minimum atomic E-state index is 0.0899. The van der Waals surface area contributed by atoms with Crippen LogP contribution in [0.3, 0.4) is 0 Å². The number of benzene rings is 2. The molecule has 128 valence electrons. The summed E-state index contributed by atoms with van der Waals surface area (Å²) >= 11 is 2.02. The van der Waals surface area contributed by atoms with Crippen LogP contribution in [-0.2, 0) is 0 Å². The van der Waals surface area contributed by atoms with Gasteiger partial charge < -0.3 is 20.9 Å². The van der Waals surface area contributed by atoms with Crippen LogP contribution in [0.15, 0.2) is 54.2 Å². The Kier molecular flexibility index (Phi) is 6.31. The molecule has 6 heteroatoms. The summed E-state index contributed by atoms with van der Waals surface area (Å²) in [7, 11) is 0. The van der Waals surface area contributed by atoms with Crippen molar-refractivity contribution >= 4 is 40.0 Å². The number of halogens is 1. The Morgan fingerprint density at radius 3 is 2.80 bits per heavy atom. The van der Waals surface area contributed by atoms with E-state index in [-0.39, 0.29) is 5.75 Å². The molecular weight excluding hydrogens is 429 g/mol. The smallest absolute Gasteiger partial charge is 0.171 e. The first-order valence-corrected chi connectivity index (χ1v) is 8.62. The summed E-state index contributed by atoms with van der Waals surface area (Å²) in [5.41, 5.74) is 8.67. The fourth-order valence-electron chi connectivity index (χ4n) is 2.14. The molecule has 2 aromatic carbocycles. The summed E-state index contributed by atoms with van der Waals surface area (Å²) in [5.74, 6) is 0.468. The van der Waals surface area contributed by atoms with Crippen LogP contribution < -0.4 is 15.8 Å². The van der Waals surface area contributed by atoms with Crippen molar-refractivity contribution in [1.29, 1.82) is 5.26 Å². The van der Waals surface area contributed by atoms with Crippen molar-refractivity contribution in [2.24, 2.45) is 0 Å². The third kappa shape index (κ3) is 4.67. The molecule has 2 rings (SSSR count). The van der Waals surface area contributed by atoms with Gasteiger partial charge in [0, 0.05) is 5.70 Å². The van der Waals surface area contributed by atoms with E-state index in [1.165, 1.54) is 0 Å². The van der Waals surface area contributed by atoms with Crippen LogP contribution in [0, 0.1) is 14.9 Å². The number of ether oxygens (including phenoxy) is 1. The van der Waals surface area contributed by atoms with Crippen molar-refractivity contribution < 1.29 is 9.84 Å². The molecule has 0 amide bonds. The number of nitrogens with zero attached hydrogens (tertiary/aromatic N) is 1. The fraction of sp³-hybridized carbons (Fsp3) is 0.105. The molecule has 0 heterocycles. The lowest BCUT2D eigenvalue weighted by Gasteiger charge is -2.12. The zero-order valence-electron chi connectivity index (χ0n) is 13.7. The van der Waals surface area contributed by atoms with Crippen LogP contribution in [0.1, 0.15) is 12.5 Å². The van der Waals surface area contributed by atoms with E-state index in [1.54, 1.807) is 24.3 Å². The first-order chi connectivity index (χ1) is 12.0. The third-order valence-corrected chi connectivity index (χ3v) is 4.18. The Morgan fingerprint density at radius 2 is 2.16 bits per heavy atom. The van der Waals surface area contributed by atoms with Gasteiger partial charge in [-0.2, -0.15) is 5.26 Å². The molecule has 4 N–H and O–H groups in total. The molecule has 0 fully saturated rings. The molecule has 25 heavy (non-hydrogen) atoms. The van der Waals surface area contributed by atoms with Gasteiger partial charge in [-0.25, -0.2) is 0 Å². The van der Waals surface area contributed by atoms with Crippen molar-refractivity contribution in [2.75, 3.05) is 17.7 Å². The normalized spacial score (nSPS) is 10.8. The maximum absolute atomic E-state index is 10.0. The summed E-state index contributed by atoms with van der Waals surface area (Å²) < 4.78 is 6.06. The minimum Gasteiger partial charge on any atom is -0.504 e. The standard InChI is InChI=1S/C19H18IN3O2/c1-3-25-18-10-13(9-15(20)19(18)24)8-14(11-21)12(2)23-17-7-5-4-6-16(17)22/h4-10,23-24H,2-3,22H2,1H3/b14-8+. The van der Waals surface area contributed by atoms with E-state index >= 15 is 0 Å². The van der Waals surface area contributed by atoms with Crippen molar-refractivity contribution in [3.63, 3.8) is 0 Å². The van der Waals surface area contributed by atoms with Crippen LogP contribution in [0.4, 0.5) is 11.4 Å². The predicted molar refractivity (Wildman–Crippen MR) is 109 cm³/mol. The number of allylic oxidation sites excluding steroid dienone is 1. The van der Waals surface area contributed by atoms with E-state index in [1.807, 2.05) is 47.7 Å². The number of phenolic OH excluding ortho intramolecular Hbond substituents is 1. The fourth-order valence-corrected chi connectivity index (χ4v) is 2.76. The first-order valence-electron chi connectivity index (χ1n) is 7.54. The molecule has 5 nitrogen and oxygen atoms in total. The average molecular weight is 447 g/mol. The molecule has 2 aromatic rings. The highest BCUT2D eigenvalue weighted by molar-refractivity contribution is 14.1. The van der Waals surface area contributed by atoms with Gasteiger partial charge in [0.2, 0.25) is 0 Å². The summed E-state index contributed by atoms with van der Waals surface area (Å²) in [5, 5.41) is 22.5. The maximum atomic E-state index is 10.0. The Bertz CT molecular complexity index is 869. The second-order valence-corrected chi connectivity index (χ2v) is 6.31. The van der Waals surface area contributed by atoms with Crippen molar-refractivity contribution in [3.05, 3.63) is 63.4 Å². The number of phenols is 1. The number of para-hydroxylation sites is 2. The molecule has 0 aromatic heterocycles. The molecule has 0 bridgehead atoms. The largest absolute Gasteiger partial charge is 0.504 e. The lowest BCUT2D eigenvalue weighted by molar-refractivity contribution is 0.317. The van der Waals surface area contributed by atoms with Gasteiger partial charge in [0.05, 0.1) is 27.1 Å². The average Bonchev–Trinajstić information content (AvgIpc) is 2.59. The molecule has 0 spiro atoms. The maximum Gasteiger partial charge on any atom is 0.171 e. The van der Waals surface area contributed by atoms with E-state index in [0.29, 0.717) is 38.6 Å². The molecule has 0 aliphatic rings. The summed E-state index contributed by atoms with van der Waals surface area (Å²) in [6, 6.07) is 12.8. The van der Waals surface area contributed by atoms with Gasteiger partial charge in [0.25, 0.3) is 0 Å². The monoisotopic (exact) mass is 447 g/mol. The van der Waals surface area contributed by atoms with Gasteiger partial charge in [-0.3, -0.25) is 0 Å². The van der Waals surface area contributed by atoms with E-state index in [4.69, 9.17) is 10.5 Å². The highest BCUT2D eigenvalue weighted by Gasteiger charge is 2.10. The number of nitriles is 1. The van der Waals surface area contributed by atoms with E-state index in [9.17, 15) is 10.4 Å². The number of nitrogens with one attached hydrogen (secondary N) is 1. The summed E-state index contributed by atoms with van der Waals surface area (Å²) in [6.45, 7) is 6.19. The summed E-state index contributed by atoms with van der Waals surface area (Å²) in [6.07, 6.45) is 1.68. The van der Waals surface area contributed by atoms with Crippen LogP contribution in [0.5, 0.6) is 11.5 Å². The van der Waals surface area contributed by atoms with Gasteiger partial charge in [0.1, 0.15) is 6.07 Å². The third-order valence-electron chi connectivity index (χ3n) is 3.35. The first kappa shape index (κ1) is 18.7. The number of aromatic hydroxyl groups is 1. The summed E-state index contributed by atoms with van der Waals surface area (Å²) in [4.78, 5) is 0. The SMILES string of the molecule is C=C(Nc1ccccc1N)/C(C#N)=C/c1cc(I)c(O)c(OCC)c1. The van der Waals surface area contributed by atoms with Gasteiger partial charge in [-0.05, 0) is 65.4 Å². The predicted octanol–water partition coefficient (Wildman–Crippen LogP) is 4.51. The number of hydrogen-bond acceptors (Lipinski definition) is 5. The van der Waals surface area contributed by atoms with E-state index in [0.717, 1.165) is 5.56 Å². The zero-order valence-corrected chi connectivity index (χ0v) is 15.9. The quantitative estimate of drug-likeness (QED) is 0.262. The molecule has 0 saturated carbocycles. The highest BCUT2D eigenvalue weighted by Crippen LogP contribution is 2.33. The Hall–Kier alpha value is -2.66. The Morgan fingerprint density at radius 1 is 1.44 bits per heavy atom. The number of nitrogens with two attached hydrogens (primary N) is 1. The lowest BCUT2D eigenvalue weighted by Crippen LogP contribution is -2.03. The second kappa shape index (κ2) is 8.44. The van der Waals surface area contributed by atoms with Crippen molar-refractivity contribution in [1.82, 2.24) is 0 Å². The number of rotatable bonds is 6. The lowest BCUT2D eigenvalue weighted by atomic mass is 10.1. The van der Waals surface area contributed by atoms with Crippen LogP contribution in [0.2, 0.25) is 0 Å². The van der Waals surface area contributed by atoms with Gasteiger partial charge >= 0.3 is 0 Å². The van der Waals surface area contributed by atoms with Gasteiger partial charge in [-0.15, -0.1) is 0 Å². The molecule has 0 aliphatic heterocycles. The van der Waals surface area contributed by atoms with Gasteiger partial charge in [-0.1, -0.05) is 18.7 Å². The van der Waals surface area contributed by atoms with Crippen LogP contribution in [0.25, 0.3) is 6.08 Å². The minimum absolute atomic E-state index is 0.0899. The van der Waals surface area contributed by atoms with Crippen molar-refractivity contribution in [2.45, 2.75) is 6.92 Å². The van der Waals surface area contributed by atoms with Crippen LogP contribution in [-0.4, -0.2) is 11.7 Å². The molecule has 0 radical (unpaired) electrons. The van der Waals surface area contributed by atoms with E-state index < -0.39 is 0 Å². The van der Waals surface area contributed by atoms with Crippen molar-refractivity contribution in [3.8, 4) is 17.6 Å². The molecule has 0 aliphatic carbocycles. The second-order valence-electron chi connectivity index (χ2n) is 5.14. The number of anilines is 2. The number of hydrogen-bond donors (Lipinski definition) is 3. The highest BCUT2D eigenvalue weighted by atomic mass is 127. The van der Waals surface area contributed by atoms with E-state index in [2.05, 4.69) is 18.0 Å². The van der Waals surface area contributed by atoms with Crippen LogP contribution >= 0.6 is 22.6 Å².